The SMILES string of the molecule is CC1=NN(c2ccc(S(=O)(=O)O)cc2)C(=O)\C1=C/C=C(\C=C\c1c(C)[nH]n(-c2ccc(S(=O)(=O)O)cc2)c1=O)c1ccccc1.CCN(CC)CC.CCN(CC)CC.CCN(CC)CC. The number of allylic oxidation sites excluding steroid dienone is 4. The number of benzene rings is 3. The lowest BCUT2D eigenvalue weighted by atomic mass is 10.0. The molecular weight excluding hydrogens is 879 g/mol. The number of amides is 1. The molecule has 1 aromatic heterocycles. The number of rotatable bonds is 17. The molecule has 3 N–H and O–H groups in total. The summed E-state index contributed by atoms with van der Waals surface area (Å²) in [5.41, 5.74) is 3.38. The molecule has 0 saturated heterocycles. The maximum atomic E-state index is 13.3. The lowest BCUT2D eigenvalue weighted by molar-refractivity contribution is -0.114. The number of aromatic nitrogens is 2. The second-order valence-electron chi connectivity index (χ2n) is 14.8. The van der Waals surface area contributed by atoms with E-state index in [2.05, 4.69) is 87.2 Å². The second-order valence-corrected chi connectivity index (χ2v) is 17.6. The van der Waals surface area contributed by atoms with Gasteiger partial charge in [0.05, 0.1) is 38.0 Å². The van der Waals surface area contributed by atoms with Crippen molar-refractivity contribution in [1.82, 2.24) is 24.5 Å². The zero-order valence-electron chi connectivity index (χ0n) is 40.5. The number of carbonyl (C=O) groups is 1. The molecule has 362 valence electrons. The Balaban J connectivity index is 0.000000589. The van der Waals surface area contributed by atoms with Crippen molar-refractivity contribution in [1.29, 1.82) is 0 Å². The van der Waals surface area contributed by atoms with Gasteiger partial charge in [-0.05, 0) is 145 Å². The summed E-state index contributed by atoms with van der Waals surface area (Å²) >= 11 is 0. The number of H-pyrrole nitrogens is 1. The molecule has 1 aliphatic rings. The third kappa shape index (κ3) is 17.2. The fraction of sp³-hybridized carbons (Fsp3) is 0.408. The van der Waals surface area contributed by atoms with Crippen LogP contribution in [0.3, 0.4) is 0 Å². The van der Waals surface area contributed by atoms with E-state index >= 15 is 0 Å². The summed E-state index contributed by atoms with van der Waals surface area (Å²) in [5, 5.41) is 8.41. The van der Waals surface area contributed by atoms with Gasteiger partial charge in [0, 0.05) is 5.69 Å². The first-order valence-corrected chi connectivity index (χ1v) is 25.4. The molecule has 3 aromatic carbocycles. The molecule has 0 bridgehead atoms. The number of hydrogen-bond donors (Lipinski definition) is 3. The van der Waals surface area contributed by atoms with Gasteiger partial charge in [0.2, 0.25) is 0 Å². The Kier molecular flexibility index (Phi) is 24.1. The van der Waals surface area contributed by atoms with Crippen LogP contribution in [-0.4, -0.2) is 121 Å². The Hall–Kier alpha value is -5.27. The van der Waals surface area contributed by atoms with Crippen LogP contribution in [0.5, 0.6) is 0 Å². The number of nitrogens with zero attached hydrogens (tertiary/aromatic N) is 6. The molecular formula is C49H71N7O8S2. The number of carbonyl (C=O) groups excluding carboxylic acids is 1. The first-order chi connectivity index (χ1) is 31.3. The summed E-state index contributed by atoms with van der Waals surface area (Å²) in [5.74, 6) is -0.441. The van der Waals surface area contributed by atoms with Crippen LogP contribution in [0.2, 0.25) is 0 Å². The normalized spacial score (nSPS) is 13.7. The second kappa shape index (κ2) is 28.0. The number of anilines is 1. The predicted octanol–water partition coefficient (Wildman–Crippen LogP) is 8.46. The zero-order chi connectivity index (χ0) is 49.6. The highest BCUT2D eigenvalue weighted by Gasteiger charge is 2.28. The molecule has 1 amide bonds. The van der Waals surface area contributed by atoms with Gasteiger partial charge in [0.1, 0.15) is 0 Å². The van der Waals surface area contributed by atoms with Gasteiger partial charge in [0.15, 0.2) is 0 Å². The maximum Gasteiger partial charge on any atom is 0.294 e. The number of aryl methyl sites for hydroxylation is 1. The summed E-state index contributed by atoms with van der Waals surface area (Å²) in [6.07, 6.45) is 6.69. The van der Waals surface area contributed by atoms with Gasteiger partial charge >= 0.3 is 0 Å². The summed E-state index contributed by atoms with van der Waals surface area (Å²) in [4.78, 5) is 33.1. The third-order valence-electron chi connectivity index (χ3n) is 10.9. The van der Waals surface area contributed by atoms with Crippen molar-refractivity contribution in [3.8, 4) is 5.69 Å². The summed E-state index contributed by atoms with van der Waals surface area (Å²) in [7, 11) is -8.77. The average Bonchev–Trinajstić information content (AvgIpc) is 3.76. The Labute approximate surface area is 393 Å². The monoisotopic (exact) mass is 949 g/mol. The molecule has 0 atom stereocenters. The van der Waals surface area contributed by atoms with Crippen LogP contribution < -0.4 is 10.6 Å². The van der Waals surface area contributed by atoms with E-state index in [-0.39, 0.29) is 9.79 Å². The van der Waals surface area contributed by atoms with Gasteiger partial charge in [-0.1, -0.05) is 105 Å². The van der Waals surface area contributed by atoms with E-state index in [0.29, 0.717) is 39.5 Å². The van der Waals surface area contributed by atoms with E-state index in [1.165, 1.54) is 112 Å². The van der Waals surface area contributed by atoms with Crippen molar-refractivity contribution < 1.29 is 30.7 Å². The quantitative estimate of drug-likeness (QED) is 0.0523. The molecule has 0 aliphatic carbocycles. The molecule has 5 rings (SSSR count). The highest BCUT2D eigenvalue weighted by Crippen LogP contribution is 2.26. The van der Waals surface area contributed by atoms with Gasteiger partial charge in [0.25, 0.3) is 31.7 Å². The van der Waals surface area contributed by atoms with Gasteiger partial charge in [-0.2, -0.15) is 26.9 Å². The van der Waals surface area contributed by atoms with Crippen LogP contribution in [0.15, 0.2) is 122 Å². The van der Waals surface area contributed by atoms with Crippen LogP contribution in [0.1, 0.15) is 86.1 Å². The zero-order valence-corrected chi connectivity index (χ0v) is 42.2. The number of hydrazone groups is 1. The minimum atomic E-state index is -4.39. The van der Waals surface area contributed by atoms with Crippen LogP contribution in [0.4, 0.5) is 5.69 Å². The number of hydrogen-bond acceptors (Lipinski definition) is 10. The lowest BCUT2D eigenvalue weighted by Crippen LogP contribution is -2.21. The molecule has 17 heteroatoms. The standard InChI is InChI=1S/C31H26N4O8S2.3C6H15N/c1-20-28(30(36)34(32-20)24-10-14-26(15-11-24)44(38,39)40)18-8-23(22-6-4-3-5-7-22)9-19-29-21(2)33-35(31(29)37)25-12-16-27(17-13-25)45(41,42)43;3*1-4-7(5-2)6-3/h3-19,32H,1-2H3,(H,38,39,40)(H,41,42,43);3*4-6H2,1-3H3/b18-8+,23-9+,29-19-;;;. The lowest BCUT2D eigenvalue weighted by Gasteiger charge is -2.13. The highest BCUT2D eigenvalue weighted by atomic mass is 32.2. The van der Waals surface area contributed by atoms with E-state index in [9.17, 15) is 35.5 Å². The minimum absolute atomic E-state index is 0.296. The first-order valence-electron chi connectivity index (χ1n) is 22.5. The highest BCUT2D eigenvalue weighted by molar-refractivity contribution is 7.86. The van der Waals surface area contributed by atoms with Crippen molar-refractivity contribution in [2.45, 2.75) is 86.0 Å². The molecule has 4 aromatic rings. The van der Waals surface area contributed by atoms with E-state index in [4.69, 9.17) is 0 Å². The molecule has 0 unspecified atom stereocenters. The van der Waals surface area contributed by atoms with Crippen molar-refractivity contribution in [2.24, 2.45) is 5.10 Å². The van der Waals surface area contributed by atoms with Crippen LogP contribution in [0, 0.1) is 6.92 Å². The van der Waals surface area contributed by atoms with Crippen LogP contribution in [0.25, 0.3) is 17.3 Å². The van der Waals surface area contributed by atoms with Crippen LogP contribution in [-0.2, 0) is 25.0 Å². The Morgan fingerprint density at radius 1 is 0.621 bits per heavy atom. The van der Waals surface area contributed by atoms with Crippen molar-refractivity contribution in [2.75, 3.05) is 63.9 Å². The fourth-order valence-corrected chi connectivity index (χ4v) is 7.55. The molecule has 66 heavy (non-hydrogen) atoms. The predicted molar refractivity (Wildman–Crippen MR) is 270 cm³/mol. The fourth-order valence-electron chi connectivity index (χ4n) is 6.59. The van der Waals surface area contributed by atoms with Crippen molar-refractivity contribution in [3.05, 3.63) is 130 Å². The Morgan fingerprint density at radius 3 is 1.41 bits per heavy atom. The molecule has 0 spiro atoms. The smallest absolute Gasteiger partial charge is 0.294 e. The van der Waals surface area contributed by atoms with Gasteiger partial charge < -0.3 is 14.7 Å². The maximum absolute atomic E-state index is 13.3. The molecule has 0 fully saturated rings. The topological polar surface area (TPSA) is 189 Å². The molecule has 2 heterocycles. The molecule has 0 radical (unpaired) electrons. The Bertz CT molecular complexity index is 2470. The molecule has 15 nitrogen and oxygen atoms in total. The van der Waals surface area contributed by atoms with Crippen LogP contribution >= 0.6 is 0 Å². The minimum Gasteiger partial charge on any atom is -0.304 e. The van der Waals surface area contributed by atoms with Gasteiger partial charge in [-0.15, -0.1) is 0 Å². The number of nitrogens with one attached hydrogen (secondary N) is 1. The van der Waals surface area contributed by atoms with E-state index < -0.39 is 31.7 Å². The van der Waals surface area contributed by atoms with Crippen molar-refractivity contribution >= 4 is 49.2 Å². The summed E-state index contributed by atoms with van der Waals surface area (Å²) in [6, 6.07) is 19.5. The van der Waals surface area contributed by atoms with Crippen molar-refractivity contribution in [3.63, 3.8) is 0 Å². The average molecular weight is 950 g/mol. The molecule has 0 saturated carbocycles. The van der Waals surface area contributed by atoms with E-state index in [0.717, 1.165) is 10.6 Å². The van der Waals surface area contributed by atoms with Gasteiger partial charge in [-0.3, -0.25) is 23.8 Å². The summed E-state index contributed by atoms with van der Waals surface area (Å²) < 4.78 is 65.2. The molecule has 1 aliphatic heterocycles. The van der Waals surface area contributed by atoms with Gasteiger partial charge in [-0.25, -0.2) is 4.68 Å². The van der Waals surface area contributed by atoms with E-state index in [1.54, 1.807) is 38.2 Å². The van der Waals surface area contributed by atoms with E-state index in [1.807, 2.05) is 30.3 Å². The first kappa shape index (κ1) is 56.9. The third-order valence-corrected chi connectivity index (χ3v) is 12.7. The number of aromatic amines is 1. The summed E-state index contributed by atoms with van der Waals surface area (Å²) in [6.45, 7) is 33.8. The largest absolute Gasteiger partial charge is 0.304 e. The Morgan fingerprint density at radius 2 is 1.03 bits per heavy atom.